The van der Waals surface area contributed by atoms with Crippen LogP contribution >= 0.6 is 0 Å². The molecule has 0 rings (SSSR count). The van der Waals surface area contributed by atoms with Crippen molar-refractivity contribution in [3.05, 3.63) is 24.3 Å². The Morgan fingerprint density at radius 2 is 0.653 bits per heavy atom. The van der Waals surface area contributed by atoms with Crippen LogP contribution in [0.15, 0.2) is 24.3 Å². The summed E-state index contributed by atoms with van der Waals surface area (Å²) in [5.41, 5.74) is 0. The van der Waals surface area contributed by atoms with Gasteiger partial charge in [0, 0.05) is 12.8 Å². The van der Waals surface area contributed by atoms with E-state index in [0.29, 0.717) is 26.1 Å². The van der Waals surface area contributed by atoms with Gasteiger partial charge >= 0.3 is 0 Å². The molecule has 0 amide bonds. The first-order chi connectivity index (χ1) is 24.3. The summed E-state index contributed by atoms with van der Waals surface area (Å²) < 4.78 is 19.1. The Bertz CT molecular complexity index is 647. The number of rotatable bonds is 42. The Kier molecular flexibility index (Phi) is 41.7. The van der Waals surface area contributed by atoms with Crippen LogP contribution in [0.5, 0.6) is 0 Å². The molecule has 0 aliphatic rings. The van der Waals surface area contributed by atoms with Gasteiger partial charge in [-0.2, -0.15) is 0 Å². The zero-order valence-corrected chi connectivity index (χ0v) is 32.7. The number of hydrogen-bond acceptors (Lipinski definition) is 5. The van der Waals surface area contributed by atoms with E-state index in [-0.39, 0.29) is 0 Å². The maximum Gasteiger partial charge on any atom is 0.180 e. The van der Waals surface area contributed by atoms with Crippen molar-refractivity contribution in [3.63, 3.8) is 0 Å². The molecule has 0 saturated carbocycles. The summed E-state index contributed by atoms with van der Waals surface area (Å²) in [6, 6.07) is 0. The minimum absolute atomic E-state index is 0.396. The second-order valence-electron chi connectivity index (χ2n) is 14.2. The van der Waals surface area contributed by atoms with Gasteiger partial charge in [0.25, 0.3) is 0 Å². The number of allylic oxidation sites excluding steroid dienone is 2. The normalized spacial score (nSPS) is 13.1. The van der Waals surface area contributed by atoms with E-state index in [1.54, 1.807) is 0 Å². The number of unbranched alkanes of at least 4 members (excludes halogenated alkanes) is 28. The van der Waals surface area contributed by atoms with Crippen LogP contribution in [0.3, 0.4) is 0 Å². The lowest BCUT2D eigenvalue weighted by molar-refractivity contribution is -0.208. The standard InChI is InChI=1S/C44H82O5/c1-3-5-7-9-11-23-29-35-41-47-43(37-31-25-19-15-13-17-21-27-33-39-45)49-44(48-42-36-30-24-12-10-8-6-4-2)38-32-26-20-16-14-18-22-28-34-40-46/h31-32,37-40,43-44H,3-30,33-36,41-42H2,1-2H3. The molecule has 0 heterocycles. The van der Waals surface area contributed by atoms with Crippen LogP contribution in [-0.4, -0.2) is 38.4 Å². The molecule has 0 fully saturated rings. The Morgan fingerprint density at radius 3 is 0.980 bits per heavy atom. The highest BCUT2D eigenvalue weighted by atomic mass is 16.8. The Hall–Kier alpha value is -1.30. The van der Waals surface area contributed by atoms with E-state index < -0.39 is 12.6 Å². The molecule has 0 spiro atoms. The van der Waals surface area contributed by atoms with Crippen LogP contribution < -0.4 is 0 Å². The summed E-state index contributed by atoms with van der Waals surface area (Å²) in [5, 5.41) is 0. The zero-order chi connectivity index (χ0) is 35.6. The van der Waals surface area contributed by atoms with E-state index >= 15 is 0 Å². The highest BCUT2D eigenvalue weighted by molar-refractivity contribution is 5.49. The van der Waals surface area contributed by atoms with Crippen molar-refractivity contribution < 1.29 is 23.8 Å². The first-order valence-corrected chi connectivity index (χ1v) is 21.4. The monoisotopic (exact) mass is 691 g/mol. The molecule has 2 atom stereocenters. The molecule has 0 aromatic carbocycles. The lowest BCUT2D eigenvalue weighted by Crippen LogP contribution is -2.25. The van der Waals surface area contributed by atoms with Crippen molar-refractivity contribution in [1.29, 1.82) is 0 Å². The number of ether oxygens (including phenoxy) is 3. The van der Waals surface area contributed by atoms with E-state index in [1.807, 2.05) is 0 Å². The van der Waals surface area contributed by atoms with Gasteiger partial charge in [-0.25, -0.2) is 0 Å². The van der Waals surface area contributed by atoms with Gasteiger partial charge < -0.3 is 23.8 Å². The Balaban J connectivity index is 4.91. The quantitative estimate of drug-likeness (QED) is 0.0276. The zero-order valence-electron chi connectivity index (χ0n) is 32.7. The smallest absolute Gasteiger partial charge is 0.180 e. The lowest BCUT2D eigenvalue weighted by Gasteiger charge is -2.22. The first kappa shape index (κ1) is 47.7. The summed E-state index contributed by atoms with van der Waals surface area (Å²) in [7, 11) is 0. The van der Waals surface area contributed by atoms with E-state index in [9.17, 15) is 9.59 Å². The van der Waals surface area contributed by atoms with Crippen molar-refractivity contribution in [2.45, 2.75) is 232 Å². The first-order valence-electron chi connectivity index (χ1n) is 21.4. The van der Waals surface area contributed by atoms with Crippen molar-refractivity contribution in [3.8, 4) is 0 Å². The van der Waals surface area contributed by atoms with Crippen LogP contribution in [0.2, 0.25) is 0 Å². The largest absolute Gasteiger partial charge is 0.349 e. The highest BCUT2D eigenvalue weighted by Crippen LogP contribution is 2.15. The molecule has 0 N–H and O–H groups in total. The van der Waals surface area contributed by atoms with Gasteiger partial charge in [0.2, 0.25) is 0 Å². The second kappa shape index (κ2) is 42.9. The van der Waals surface area contributed by atoms with E-state index in [0.717, 1.165) is 63.9 Å². The average Bonchev–Trinajstić information content (AvgIpc) is 3.11. The Morgan fingerprint density at radius 1 is 0.367 bits per heavy atom. The SMILES string of the molecule is CCCCCCCCCCOC(C=CCCCCCCCCC=O)OC(C=CCCCCCCCCC=O)OCCCCCCCCCC. The van der Waals surface area contributed by atoms with Crippen molar-refractivity contribution in [2.24, 2.45) is 0 Å². The molecule has 288 valence electrons. The molecule has 0 bridgehead atoms. The molecule has 0 aromatic rings. The summed E-state index contributed by atoms with van der Waals surface area (Å²) in [6.45, 7) is 5.97. The molecule has 0 aliphatic carbocycles. The maximum absolute atomic E-state index is 10.5. The van der Waals surface area contributed by atoms with Crippen LogP contribution in [0.1, 0.15) is 219 Å². The predicted molar refractivity (Wildman–Crippen MR) is 210 cm³/mol. The number of carbonyl (C=O) groups excluding carboxylic acids is 2. The van der Waals surface area contributed by atoms with Gasteiger partial charge in [-0.1, -0.05) is 167 Å². The van der Waals surface area contributed by atoms with Gasteiger partial charge in [0.05, 0.1) is 13.2 Å². The second-order valence-corrected chi connectivity index (χ2v) is 14.2. The number of carbonyl (C=O) groups is 2. The van der Waals surface area contributed by atoms with Gasteiger partial charge in [-0.3, -0.25) is 0 Å². The summed E-state index contributed by atoms with van der Waals surface area (Å²) >= 11 is 0. The fraction of sp³-hybridized carbons (Fsp3) is 0.864. The lowest BCUT2D eigenvalue weighted by atomic mass is 10.1. The van der Waals surface area contributed by atoms with Crippen LogP contribution in [0.25, 0.3) is 0 Å². The van der Waals surface area contributed by atoms with E-state index in [4.69, 9.17) is 14.2 Å². The molecule has 49 heavy (non-hydrogen) atoms. The molecule has 0 radical (unpaired) electrons. The minimum Gasteiger partial charge on any atom is -0.349 e. The minimum atomic E-state index is -0.396. The van der Waals surface area contributed by atoms with Crippen molar-refractivity contribution in [1.82, 2.24) is 0 Å². The molecule has 0 saturated heterocycles. The third-order valence-corrected chi connectivity index (χ3v) is 9.30. The van der Waals surface area contributed by atoms with Gasteiger partial charge in [-0.15, -0.1) is 0 Å². The molecule has 5 nitrogen and oxygen atoms in total. The van der Waals surface area contributed by atoms with E-state index in [1.165, 1.54) is 141 Å². The molecule has 5 heteroatoms. The summed E-state index contributed by atoms with van der Waals surface area (Å²) in [6.07, 6.45) is 48.1. The van der Waals surface area contributed by atoms with Crippen LogP contribution in [0, 0.1) is 0 Å². The third kappa shape index (κ3) is 39.3. The van der Waals surface area contributed by atoms with Crippen molar-refractivity contribution in [2.75, 3.05) is 13.2 Å². The predicted octanol–water partition coefficient (Wildman–Crippen LogP) is 13.7. The Labute approximate surface area is 305 Å². The summed E-state index contributed by atoms with van der Waals surface area (Å²) in [4.78, 5) is 21.0. The average molecular weight is 691 g/mol. The van der Waals surface area contributed by atoms with E-state index in [2.05, 4.69) is 38.2 Å². The van der Waals surface area contributed by atoms with Gasteiger partial charge in [0.15, 0.2) is 12.6 Å². The van der Waals surface area contributed by atoms with Gasteiger partial charge in [-0.05, 0) is 63.5 Å². The molecule has 0 aliphatic heterocycles. The third-order valence-electron chi connectivity index (χ3n) is 9.30. The fourth-order valence-corrected chi connectivity index (χ4v) is 6.09. The highest BCUT2D eigenvalue weighted by Gasteiger charge is 2.13. The van der Waals surface area contributed by atoms with Gasteiger partial charge in [0.1, 0.15) is 12.6 Å². The number of hydrogen-bond donors (Lipinski definition) is 0. The topological polar surface area (TPSA) is 61.8 Å². The van der Waals surface area contributed by atoms with Crippen LogP contribution in [0.4, 0.5) is 0 Å². The maximum atomic E-state index is 10.5. The molecule has 0 aromatic heterocycles. The van der Waals surface area contributed by atoms with Crippen molar-refractivity contribution >= 4 is 12.6 Å². The molecular weight excluding hydrogens is 608 g/mol. The fourth-order valence-electron chi connectivity index (χ4n) is 6.09. The molecule has 2 unspecified atom stereocenters. The van der Waals surface area contributed by atoms with Crippen LogP contribution in [-0.2, 0) is 23.8 Å². The number of aldehydes is 2. The molecular formula is C44H82O5. The summed E-state index contributed by atoms with van der Waals surface area (Å²) in [5.74, 6) is 0.